The van der Waals surface area contributed by atoms with Crippen LogP contribution in [-0.4, -0.2) is 18.4 Å². The van der Waals surface area contributed by atoms with Gasteiger partial charge in [0.05, 0.1) is 5.92 Å². The normalized spacial score (nSPS) is 38.3. The minimum absolute atomic E-state index is 0.0536. The van der Waals surface area contributed by atoms with E-state index in [0.717, 1.165) is 31.6 Å². The molecule has 2 unspecified atom stereocenters. The summed E-state index contributed by atoms with van der Waals surface area (Å²) in [6.07, 6.45) is 13.1. The zero-order valence-electron chi connectivity index (χ0n) is 21.1. The number of ether oxygens (including phenoxy) is 1. The fourth-order valence-electron chi connectivity index (χ4n) is 8.08. The monoisotopic (exact) mass is 443 g/mol. The molecule has 32 heavy (non-hydrogen) atoms. The summed E-state index contributed by atoms with van der Waals surface area (Å²) in [6, 6.07) is 0. The number of allylic oxidation sites excluding steroid dienone is 2. The molecule has 0 bridgehead atoms. The first-order valence-electron chi connectivity index (χ1n) is 13.4. The van der Waals surface area contributed by atoms with E-state index in [1.807, 2.05) is 0 Å². The highest BCUT2D eigenvalue weighted by Gasteiger charge is 2.58. The molecular formula is C28H45NO3. The summed E-state index contributed by atoms with van der Waals surface area (Å²) in [7, 11) is 0. The van der Waals surface area contributed by atoms with Gasteiger partial charge in [0.1, 0.15) is 5.76 Å². The Balaban J connectivity index is 1.42. The largest absolute Gasteiger partial charge is 0.431 e. The van der Waals surface area contributed by atoms with Gasteiger partial charge >= 0.3 is 5.97 Å². The number of rotatable bonds is 7. The molecule has 4 rings (SSSR count). The number of nitrogens with one attached hydrogen (secondary N) is 1. The fourth-order valence-corrected chi connectivity index (χ4v) is 8.08. The Hall–Kier alpha value is -1.32. The molecule has 2 saturated carbocycles. The van der Waals surface area contributed by atoms with Gasteiger partial charge in [-0.3, -0.25) is 9.59 Å². The third-order valence-corrected chi connectivity index (χ3v) is 10.1. The van der Waals surface area contributed by atoms with Crippen molar-refractivity contribution in [3.63, 3.8) is 0 Å². The van der Waals surface area contributed by atoms with Crippen LogP contribution in [0.1, 0.15) is 105 Å². The molecule has 2 fully saturated rings. The van der Waals surface area contributed by atoms with Gasteiger partial charge in [-0.2, -0.15) is 0 Å². The minimum Gasteiger partial charge on any atom is -0.431 e. The highest BCUT2D eigenvalue weighted by Crippen LogP contribution is 2.64. The Bertz CT molecular complexity index is 773. The van der Waals surface area contributed by atoms with E-state index in [4.69, 9.17) is 4.74 Å². The van der Waals surface area contributed by atoms with Crippen molar-refractivity contribution in [1.29, 1.82) is 0 Å². The Morgan fingerprint density at radius 2 is 1.88 bits per heavy atom. The third kappa shape index (κ3) is 4.16. The predicted octanol–water partition coefficient (Wildman–Crippen LogP) is 6.40. The van der Waals surface area contributed by atoms with Gasteiger partial charge in [0.15, 0.2) is 0 Å². The maximum atomic E-state index is 13.0. The van der Waals surface area contributed by atoms with E-state index in [1.165, 1.54) is 56.9 Å². The summed E-state index contributed by atoms with van der Waals surface area (Å²) in [4.78, 5) is 24.2. The molecule has 0 aromatic rings. The first-order chi connectivity index (χ1) is 15.2. The number of hydrogen-bond acceptors (Lipinski definition) is 3. The molecule has 4 heteroatoms. The van der Waals surface area contributed by atoms with E-state index in [2.05, 4.69) is 33.0 Å². The molecule has 0 radical (unpaired) electrons. The molecule has 0 saturated heterocycles. The zero-order chi connectivity index (χ0) is 23.1. The highest BCUT2D eigenvalue weighted by molar-refractivity contribution is 5.77. The lowest BCUT2D eigenvalue weighted by Gasteiger charge is -2.52. The lowest BCUT2D eigenvalue weighted by atomic mass is 9.55. The molecule has 1 amide bonds. The molecule has 1 heterocycles. The molecule has 0 aromatic heterocycles. The SMILES string of the molecule is CC(=O)NCC(C)CCC[C@@H](C)[C@H]1CC[C@H]2C3=C(CC[C@]12C)[C@@]1(C)CCCCC1C(=O)O3. The summed E-state index contributed by atoms with van der Waals surface area (Å²) in [5.41, 5.74) is 1.83. The second kappa shape index (κ2) is 9.14. The van der Waals surface area contributed by atoms with Crippen molar-refractivity contribution < 1.29 is 14.3 Å². The number of carbonyl (C=O) groups is 2. The van der Waals surface area contributed by atoms with Crippen LogP contribution >= 0.6 is 0 Å². The van der Waals surface area contributed by atoms with E-state index in [0.29, 0.717) is 23.7 Å². The number of hydrogen-bond donors (Lipinski definition) is 1. The lowest BCUT2D eigenvalue weighted by Crippen LogP contribution is -2.48. The van der Waals surface area contributed by atoms with E-state index in [-0.39, 0.29) is 28.6 Å². The molecule has 4 aliphatic rings. The smallest absolute Gasteiger partial charge is 0.314 e. The molecule has 1 N–H and O–H groups in total. The van der Waals surface area contributed by atoms with Crippen LogP contribution in [-0.2, 0) is 14.3 Å². The van der Waals surface area contributed by atoms with Crippen molar-refractivity contribution >= 4 is 11.9 Å². The second-order valence-electron chi connectivity index (χ2n) is 12.2. The summed E-state index contributed by atoms with van der Waals surface area (Å²) >= 11 is 0. The summed E-state index contributed by atoms with van der Waals surface area (Å²) in [6.45, 7) is 11.9. The molecule has 180 valence electrons. The maximum Gasteiger partial charge on any atom is 0.314 e. The van der Waals surface area contributed by atoms with Crippen LogP contribution in [0.3, 0.4) is 0 Å². The van der Waals surface area contributed by atoms with Crippen LogP contribution in [0.4, 0.5) is 0 Å². The summed E-state index contributed by atoms with van der Waals surface area (Å²) in [5, 5.41) is 2.95. The Morgan fingerprint density at radius 1 is 1.09 bits per heavy atom. The van der Waals surface area contributed by atoms with Crippen LogP contribution in [0.25, 0.3) is 0 Å². The molecule has 0 aromatic carbocycles. The predicted molar refractivity (Wildman–Crippen MR) is 128 cm³/mol. The van der Waals surface area contributed by atoms with Crippen molar-refractivity contribution in [3.8, 4) is 0 Å². The van der Waals surface area contributed by atoms with E-state index in [9.17, 15) is 9.59 Å². The number of amides is 1. The minimum atomic E-state index is 0.0536. The molecule has 3 aliphatic carbocycles. The van der Waals surface area contributed by atoms with Crippen LogP contribution in [0, 0.1) is 40.4 Å². The van der Waals surface area contributed by atoms with Gasteiger partial charge in [-0.25, -0.2) is 0 Å². The Labute approximate surface area is 195 Å². The summed E-state index contributed by atoms with van der Waals surface area (Å²) in [5.74, 6) is 3.71. The van der Waals surface area contributed by atoms with Crippen LogP contribution in [0.5, 0.6) is 0 Å². The standard InChI is InChI=1S/C28H45NO3/c1-18(17-29-20(3)30)9-8-10-19(2)21-12-13-22-25-23(14-16-28(21,22)5)27(4)15-7-6-11-24(27)26(31)32-25/h18-19,21-22,24H,6-17H2,1-5H3,(H,29,30)/t18?,19-,21-,22+,24?,27-,28-/m1/s1. The van der Waals surface area contributed by atoms with Crippen molar-refractivity contribution in [2.75, 3.05) is 6.54 Å². The van der Waals surface area contributed by atoms with E-state index < -0.39 is 0 Å². The average Bonchev–Trinajstić information content (AvgIpc) is 3.09. The van der Waals surface area contributed by atoms with E-state index in [1.54, 1.807) is 6.92 Å². The third-order valence-electron chi connectivity index (χ3n) is 10.1. The van der Waals surface area contributed by atoms with Gasteiger partial charge in [-0.1, -0.05) is 53.4 Å². The lowest BCUT2D eigenvalue weighted by molar-refractivity contribution is -0.156. The zero-order valence-corrected chi connectivity index (χ0v) is 21.1. The van der Waals surface area contributed by atoms with Gasteiger partial charge in [0, 0.05) is 24.8 Å². The number of carbonyl (C=O) groups excluding carboxylic acids is 2. The first-order valence-corrected chi connectivity index (χ1v) is 13.4. The first kappa shape index (κ1) is 23.8. The number of esters is 1. The van der Waals surface area contributed by atoms with Crippen LogP contribution < -0.4 is 5.32 Å². The van der Waals surface area contributed by atoms with Gasteiger partial charge in [0.2, 0.25) is 5.91 Å². The highest BCUT2D eigenvalue weighted by atomic mass is 16.5. The Morgan fingerprint density at radius 3 is 2.62 bits per heavy atom. The Kier molecular flexibility index (Phi) is 6.81. The van der Waals surface area contributed by atoms with Gasteiger partial charge < -0.3 is 10.1 Å². The maximum absolute atomic E-state index is 13.0. The van der Waals surface area contributed by atoms with E-state index >= 15 is 0 Å². The quantitative estimate of drug-likeness (QED) is 0.463. The van der Waals surface area contributed by atoms with Gasteiger partial charge in [-0.15, -0.1) is 0 Å². The molecule has 4 nitrogen and oxygen atoms in total. The van der Waals surface area contributed by atoms with Crippen molar-refractivity contribution in [3.05, 3.63) is 11.3 Å². The number of fused-ring (bicyclic) bond motifs is 4. The molecular weight excluding hydrogens is 398 g/mol. The second-order valence-corrected chi connectivity index (χ2v) is 12.2. The van der Waals surface area contributed by atoms with Crippen molar-refractivity contribution in [2.45, 2.75) is 105 Å². The van der Waals surface area contributed by atoms with Crippen LogP contribution in [0.15, 0.2) is 11.3 Å². The van der Waals surface area contributed by atoms with Crippen LogP contribution in [0.2, 0.25) is 0 Å². The fraction of sp³-hybridized carbons (Fsp3) is 0.857. The molecule has 7 atom stereocenters. The van der Waals surface area contributed by atoms with Crippen molar-refractivity contribution in [1.82, 2.24) is 5.32 Å². The average molecular weight is 444 g/mol. The summed E-state index contributed by atoms with van der Waals surface area (Å²) < 4.78 is 6.20. The van der Waals surface area contributed by atoms with Crippen molar-refractivity contribution in [2.24, 2.45) is 40.4 Å². The topological polar surface area (TPSA) is 55.4 Å². The molecule has 0 spiro atoms. The molecule has 1 aliphatic heterocycles. The van der Waals surface area contributed by atoms with Gasteiger partial charge in [-0.05, 0) is 73.7 Å². The van der Waals surface area contributed by atoms with Gasteiger partial charge in [0.25, 0.3) is 0 Å².